The number of rotatable bonds is 20. The van der Waals surface area contributed by atoms with Crippen LogP contribution in [0.2, 0.25) is 0 Å². The van der Waals surface area contributed by atoms with E-state index in [1.165, 1.54) is 0 Å². The fraction of sp³-hybridized carbons (Fsp3) is 0.684. The smallest absolute Gasteiger partial charge is 0.203 e. The van der Waals surface area contributed by atoms with Crippen molar-refractivity contribution < 1.29 is 61.6 Å². The molecule has 284 valence electrons. The Kier molecular flexibility index (Phi) is 12.7. The Morgan fingerprint density at radius 2 is 0.882 bits per heavy atom. The third-order valence-corrected chi connectivity index (χ3v) is 10.1. The Hall–Kier alpha value is -3.04. The Morgan fingerprint density at radius 1 is 0.549 bits per heavy atom. The van der Waals surface area contributed by atoms with Gasteiger partial charge in [0.25, 0.3) is 0 Å². The van der Waals surface area contributed by atoms with Gasteiger partial charge < -0.3 is 61.6 Å². The molecule has 0 amide bonds. The SMILES string of the molecule is CCC1(COCC2(CC)COC(Cc3cc(OC)c(OCC4CO4)c(OC)c3)OC2)COC(Cc2cc(OC)c(OCC3CO3)c(OC)c2)OC1. The van der Waals surface area contributed by atoms with Crippen LogP contribution in [0.1, 0.15) is 37.8 Å². The molecule has 0 saturated carbocycles. The molecule has 13 heteroatoms. The van der Waals surface area contributed by atoms with Crippen LogP contribution < -0.4 is 28.4 Å². The Balaban J connectivity index is 0.970. The third kappa shape index (κ3) is 9.69. The van der Waals surface area contributed by atoms with E-state index in [0.717, 1.165) is 24.0 Å². The molecular weight excluding hydrogens is 664 g/mol. The van der Waals surface area contributed by atoms with Gasteiger partial charge in [0.05, 0.1) is 81.3 Å². The first-order valence-corrected chi connectivity index (χ1v) is 17.9. The van der Waals surface area contributed by atoms with E-state index in [0.29, 0.717) is 113 Å². The number of hydrogen-bond acceptors (Lipinski definition) is 13. The van der Waals surface area contributed by atoms with E-state index >= 15 is 0 Å². The zero-order valence-electron chi connectivity index (χ0n) is 30.8. The van der Waals surface area contributed by atoms with Gasteiger partial charge in [-0.1, -0.05) is 13.8 Å². The average Bonchev–Trinajstić information content (AvgIpc) is 4.11. The fourth-order valence-electron chi connectivity index (χ4n) is 6.21. The van der Waals surface area contributed by atoms with Crippen molar-refractivity contribution in [2.45, 2.75) is 64.3 Å². The molecular formula is C38H54O13. The minimum Gasteiger partial charge on any atom is -0.493 e. The lowest BCUT2D eigenvalue weighted by molar-refractivity contribution is -0.255. The Morgan fingerprint density at radius 3 is 1.16 bits per heavy atom. The molecule has 0 aromatic heterocycles. The van der Waals surface area contributed by atoms with Crippen LogP contribution in [0, 0.1) is 10.8 Å². The summed E-state index contributed by atoms with van der Waals surface area (Å²) in [5.74, 6) is 3.54. The molecule has 0 radical (unpaired) electrons. The van der Waals surface area contributed by atoms with E-state index in [2.05, 4.69) is 13.8 Å². The van der Waals surface area contributed by atoms with Crippen molar-refractivity contribution >= 4 is 0 Å². The van der Waals surface area contributed by atoms with Crippen molar-refractivity contribution in [1.82, 2.24) is 0 Å². The summed E-state index contributed by atoms with van der Waals surface area (Å²) >= 11 is 0. The standard InChI is InChI=1S/C38H54O13/c1-7-37(21-48-33(49-22-37)13-25-9-29(39-3)35(30(10-25)40-4)46-17-27-15-44-27)19-43-20-38(8-2)23-50-34(51-24-38)14-26-11-31(41-5)36(32(12-26)42-6)47-18-28-16-45-28/h9-12,27-28,33-34H,7-8,13-24H2,1-6H3. The highest BCUT2D eigenvalue weighted by Crippen LogP contribution is 2.42. The second-order valence-electron chi connectivity index (χ2n) is 13.9. The molecule has 6 rings (SSSR count). The number of hydrogen-bond donors (Lipinski definition) is 0. The molecule has 13 nitrogen and oxygen atoms in total. The molecule has 0 aliphatic carbocycles. The van der Waals surface area contributed by atoms with Crippen LogP contribution in [0.15, 0.2) is 24.3 Å². The molecule has 51 heavy (non-hydrogen) atoms. The van der Waals surface area contributed by atoms with E-state index in [1.54, 1.807) is 28.4 Å². The molecule has 2 atom stereocenters. The van der Waals surface area contributed by atoms with Crippen LogP contribution in [0.3, 0.4) is 0 Å². The summed E-state index contributed by atoms with van der Waals surface area (Å²) in [6.07, 6.45) is 2.26. The van der Waals surface area contributed by atoms with Gasteiger partial charge >= 0.3 is 0 Å². The summed E-state index contributed by atoms with van der Waals surface area (Å²) in [6.45, 7) is 9.79. The van der Waals surface area contributed by atoms with Gasteiger partial charge in [-0.05, 0) is 48.2 Å². The zero-order valence-corrected chi connectivity index (χ0v) is 30.8. The molecule has 0 N–H and O–H groups in total. The summed E-state index contributed by atoms with van der Waals surface area (Å²) < 4.78 is 76.4. The predicted octanol–water partition coefficient (Wildman–Crippen LogP) is 4.62. The van der Waals surface area contributed by atoms with E-state index in [4.69, 9.17) is 61.6 Å². The molecule has 2 aromatic carbocycles. The Labute approximate surface area is 300 Å². The lowest BCUT2D eigenvalue weighted by atomic mass is 9.85. The van der Waals surface area contributed by atoms with Gasteiger partial charge in [-0.15, -0.1) is 0 Å². The minimum absolute atomic E-state index is 0.124. The van der Waals surface area contributed by atoms with E-state index < -0.39 is 12.6 Å². The van der Waals surface area contributed by atoms with Crippen LogP contribution in [-0.4, -0.2) is 119 Å². The topological polar surface area (TPSA) is 127 Å². The maximum absolute atomic E-state index is 6.41. The summed E-state index contributed by atoms with van der Waals surface area (Å²) in [7, 11) is 6.47. The zero-order chi connectivity index (χ0) is 35.8. The molecule has 4 heterocycles. The number of methoxy groups -OCH3 is 4. The van der Waals surface area contributed by atoms with E-state index in [9.17, 15) is 0 Å². The molecule has 4 aliphatic rings. The first-order valence-electron chi connectivity index (χ1n) is 17.9. The van der Waals surface area contributed by atoms with Gasteiger partial charge in [0.1, 0.15) is 25.4 Å². The molecule has 2 aromatic rings. The van der Waals surface area contributed by atoms with Crippen LogP contribution in [0.5, 0.6) is 34.5 Å². The van der Waals surface area contributed by atoms with E-state index in [-0.39, 0.29) is 23.0 Å². The van der Waals surface area contributed by atoms with Crippen molar-refractivity contribution in [3.63, 3.8) is 0 Å². The molecule has 2 unspecified atom stereocenters. The van der Waals surface area contributed by atoms with Gasteiger partial charge in [-0.2, -0.15) is 0 Å². The highest BCUT2D eigenvalue weighted by Gasteiger charge is 2.40. The maximum Gasteiger partial charge on any atom is 0.203 e. The molecule has 4 fully saturated rings. The molecule has 0 bridgehead atoms. The number of benzene rings is 2. The molecule has 4 saturated heterocycles. The van der Waals surface area contributed by atoms with Crippen molar-refractivity contribution in [3.05, 3.63) is 35.4 Å². The van der Waals surface area contributed by atoms with E-state index in [1.807, 2.05) is 24.3 Å². The lowest BCUT2D eigenvalue weighted by Gasteiger charge is -2.42. The second kappa shape index (κ2) is 17.2. The van der Waals surface area contributed by atoms with Crippen molar-refractivity contribution in [3.8, 4) is 34.5 Å². The van der Waals surface area contributed by atoms with Crippen molar-refractivity contribution in [2.24, 2.45) is 10.8 Å². The van der Waals surface area contributed by atoms with Crippen LogP contribution in [-0.2, 0) is 46.0 Å². The van der Waals surface area contributed by atoms with Gasteiger partial charge in [0.15, 0.2) is 35.6 Å². The van der Waals surface area contributed by atoms with Gasteiger partial charge in [0.2, 0.25) is 11.5 Å². The third-order valence-electron chi connectivity index (χ3n) is 10.1. The predicted molar refractivity (Wildman–Crippen MR) is 185 cm³/mol. The highest BCUT2D eigenvalue weighted by atomic mass is 16.7. The van der Waals surface area contributed by atoms with Crippen LogP contribution in [0.4, 0.5) is 0 Å². The minimum atomic E-state index is -0.397. The summed E-state index contributed by atoms with van der Waals surface area (Å²) in [4.78, 5) is 0. The van der Waals surface area contributed by atoms with Crippen LogP contribution in [0.25, 0.3) is 0 Å². The highest BCUT2D eigenvalue weighted by molar-refractivity contribution is 5.55. The first kappa shape index (κ1) is 37.7. The van der Waals surface area contributed by atoms with Gasteiger partial charge in [0, 0.05) is 23.7 Å². The van der Waals surface area contributed by atoms with Crippen LogP contribution >= 0.6 is 0 Å². The number of ether oxygens (including phenoxy) is 13. The lowest BCUT2D eigenvalue weighted by Crippen LogP contribution is -2.48. The fourth-order valence-corrected chi connectivity index (χ4v) is 6.21. The van der Waals surface area contributed by atoms with Gasteiger partial charge in [-0.25, -0.2) is 0 Å². The monoisotopic (exact) mass is 718 g/mol. The number of epoxide rings is 2. The first-order chi connectivity index (χ1) is 24.8. The second-order valence-corrected chi connectivity index (χ2v) is 13.9. The summed E-state index contributed by atoms with van der Waals surface area (Å²) in [6, 6.07) is 7.77. The van der Waals surface area contributed by atoms with Crippen molar-refractivity contribution in [1.29, 1.82) is 0 Å². The quantitative estimate of drug-likeness (QED) is 0.177. The van der Waals surface area contributed by atoms with Crippen molar-refractivity contribution in [2.75, 3.05) is 94.5 Å². The largest absolute Gasteiger partial charge is 0.493 e. The normalized spacial score (nSPS) is 28.5. The summed E-state index contributed by atoms with van der Waals surface area (Å²) in [5.41, 5.74) is 1.44. The van der Waals surface area contributed by atoms with Gasteiger partial charge in [-0.3, -0.25) is 0 Å². The maximum atomic E-state index is 6.41. The molecule has 4 aliphatic heterocycles. The Bertz CT molecular complexity index is 1250. The summed E-state index contributed by atoms with van der Waals surface area (Å²) in [5, 5.41) is 0. The average molecular weight is 719 g/mol. The molecule has 0 spiro atoms.